The SMILES string of the molecule is N=C1N=C2C(N=CN2[C@H]2O[C@@H]3COP(O)(=S)OCCn4c(nc5cncnc54)COP(=O)(S)O[C@@H]2C3)C(=O)N1. The summed E-state index contributed by atoms with van der Waals surface area (Å²) in [6.07, 6.45) is 1.67. The molecule has 1 fully saturated rings. The second kappa shape index (κ2) is 10.3. The standard InChI is InChI=1S/C18H21N9O8P2S2/c19-18-24-15-13(16(28)25-18)22-8-27(15)17-11-3-9(34-17)5-32-36(29,38)31-2-1-26-12(6-33-37(30,39)35-11)23-10-4-20-7-21-14(10)26/h4,7-9,11,13,17H,1-3,5-6H2,(H,29,38)(H,30,39)(H2,19,25,28)/t9-,11+,13?,17-,36?,37?/m0/s1. The minimum Gasteiger partial charge on any atom is -0.349 e. The van der Waals surface area contributed by atoms with Gasteiger partial charge in [-0.05, 0) is 11.8 Å². The number of aliphatic imine (C=N–C) groups is 2. The van der Waals surface area contributed by atoms with E-state index < -0.39 is 43.9 Å². The van der Waals surface area contributed by atoms with Crippen molar-refractivity contribution in [3.63, 3.8) is 0 Å². The molecule has 4 aliphatic heterocycles. The van der Waals surface area contributed by atoms with E-state index in [0.717, 1.165) is 0 Å². The van der Waals surface area contributed by atoms with E-state index in [1.165, 1.54) is 23.8 Å². The van der Waals surface area contributed by atoms with Crippen LogP contribution in [-0.4, -0.2) is 91.0 Å². The van der Waals surface area contributed by atoms with Gasteiger partial charge in [0.25, 0.3) is 5.91 Å². The van der Waals surface area contributed by atoms with Gasteiger partial charge < -0.3 is 23.2 Å². The lowest BCUT2D eigenvalue weighted by Gasteiger charge is -2.30. The lowest BCUT2D eigenvalue weighted by molar-refractivity contribution is -0.119. The Morgan fingerprint density at radius 3 is 3.00 bits per heavy atom. The highest BCUT2D eigenvalue weighted by atomic mass is 32.7. The molecular weight excluding hydrogens is 596 g/mol. The van der Waals surface area contributed by atoms with Crippen molar-refractivity contribution in [3.05, 3.63) is 18.3 Å². The fourth-order valence-electron chi connectivity index (χ4n) is 4.47. The van der Waals surface area contributed by atoms with Gasteiger partial charge in [0.15, 0.2) is 23.8 Å². The molecule has 0 saturated carbocycles. The third kappa shape index (κ3) is 5.56. The van der Waals surface area contributed by atoms with Gasteiger partial charge in [-0.15, -0.1) is 0 Å². The fourth-order valence-corrected chi connectivity index (χ4v) is 7.02. The minimum absolute atomic E-state index is 0.0402. The number of nitrogens with zero attached hydrogens (tertiary/aromatic N) is 7. The molecular formula is C18H21N9O8P2S2. The maximum Gasteiger partial charge on any atom is 0.386 e. The topological polar surface area (TPSA) is 208 Å². The van der Waals surface area contributed by atoms with Crippen molar-refractivity contribution in [2.24, 2.45) is 9.98 Å². The first kappa shape index (κ1) is 27.0. The number of rotatable bonds is 1. The summed E-state index contributed by atoms with van der Waals surface area (Å²) >= 11 is 9.33. The van der Waals surface area contributed by atoms with Crippen LogP contribution in [0.1, 0.15) is 12.2 Å². The Balaban J connectivity index is 1.30. The Morgan fingerprint density at radius 1 is 1.31 bits per heavy atom. The first-order chi connectivity index (χ1) is 18.6. The van der Waals surface area contributed by atoms with Crippen LogP contribution in [-0.2, 0) is 57.1 Å². The molecule has 3 unspecified atom stereocenters. The van der Waals surface area contributed by atoms with Crippen molar-refractivity contribution >= 4 is 72.8 Å². The van der Waals surface area contributed by atoms with Gasteiger partial charge in [-0.2, -0.15) is 4.99 Å². The van der Waals surface area contributed by atoms with Gasteiger partial charge in [0, 0.05) is 13.0 Å². The summed E-state index contributed by atoms with van der Waals surface area (Å²) in [5.74, 6) is -0.414. The zero-order valence-corrected chi connectivity index (χ0v) is 23.3. The molecule has 6 heterocycles. The van der Waals surface area contributed by atoms with Crippen molar-refractivity contribution in [3.8, 4) is 0 Å². The third-order valence-electron chi connectivity index (χ3n) is 6.09. The van der Waals surface area contributed by atoms with Gasteiger partial charge in [0.2, 0.25) is 5.96 Å². The number of nitrogens with one attached hydrogen (secondary N) is 2. The van der Waals surface area contributed by atoms with E-state index in [1.807, 2.05) is 0 Å². The van der Waals surface area contributed by atoms with Crippen molar-refractivity contribution in [2.45, 2.75) is 44.1 Å². The number of fused-ring (bicyclic) bond motifs is 6. The summed E-state index contributed by atoms with van der Waals surface area (Å²) in [4.78, 5) is 45.2. The van der Waals surface area contributed by atoms with Crippen molar-refractivity contribution in [1.82, 2.24) is 29.7 Å². The summed E-state index contributed by atoms with van der Waals surface area (Å²) in [6.45, 7) is -8.00. The molecule has 1 saturated heterocycles. The van der Waals surface area contributed by atoms with Crippen molar-refractivity contribution < 1.29 is 37.1 Å². The molecule has 2 aromatic heterocycles. The van der Waals surface area contributed by atoms with E-state index in [0.29, 0.717) is 17.0 Å². The molecule has 0 aromatic carbocycles. The molecule has 2 bridgehead atoms. The molecule has 39 heavy (non-hydrogen) atoms. The maximum absolute atomic E-state index is 13.4. The summed E-state index contributed by atoms with van der Waals surface area (Å²) < 4.78 is 43.6. The zero-order chi connectivity index (χ0) is 27.4. The molecule has 21 heteroatoms. The second-order valence-electron chi connectivity index (χ2n) is 8.66. The number of hydrogen-bond donors (Lipinski definition) is 4. The van der Waals surface area contributed by atoms with E-state index in [1.54, 1.807) is 4.57 Å². The smallest absolute Gasteiger partial charge is 0.349 e. The Labute approximate surface area is 230 Å². The largest absolute Gasteiger partial charge is 0.386 e. The molecule has 0 radical (unpaired) electrons. The molecule has 0 aliphatic carbocycles. The van der Waals surface area contributed by atoms with Gasteiger partial charge in [0.1, 0.15) is 30.4 Å². The lowest BCUT2D eigenvalue weighted by atomic mass is 10.1. The summed E-state index contributed by atoms with van der Waals surface area (Å²) in [5, 5.41) is 10.1. The van der Waals surface area contributed by atoms with E-state index in [9.17, 15) is 14.3 Å². The fraction of sp³-hybridized carbons (Fsp3) is 0.500. The van der Waals surface area contributed by atoms with E-state index in [-0.39, 0.29) is 44.6 Å². The number of guanidine groups is 1. The number of ether oxygens (including phenoxy) is 1. The number of amidine groups is 1. The van der Waals surface area contributed by atoms with Crippen LogP contribution in [0.4, 0.5) is 0 Å². The highest BCUT2D eigenvalue weighted by Gasteiger charge is 2.48. The maximum atomic E-state index is 13.4. The van der Waals surface area contributed by atoms with Crippen LogP contribution in [0.5, 0.6) is 0 Å². The Kier molecular flexibility index (Phi) is 7.16. The van der Waals surface area contributed by atoms with Crippen molar-refractivity contribution in [2.75, 3.05) is 13.2 Å². The van der Waals surface area contributed by atoms with Crippen LogP contribution in [0.2, 0.25) is 0 Å². The van der Waals surface area contributed by atoms with Crippen LogP contribution < -0.4 is 5.32 Å². The van der Waals surface area contributed by atoms with Crippen LogP contribution in [0.25, 0.3) is 11.2 Å². The number of carbonyl (C=O) groups excluding carboxylic acids is 1. The molecule has 3 N–H and O–H groups in total. The summed E-state index contributed by atoms with van der Waals surface area (Å²) in [6, 6.07) is -0.983. The number of amides is 1. The van der Waals surface area contributed by atoms with Crippen molar-refractivity contribution in [1.29, 1.82) is 5.41 Å². The summed E-state index contributed by atoms with van der Waals surface area (Å²) in [5.41, 5.74) is 0.932. The molecule has 1 amide bonds. The lowest BCUT2D eigenvalue weighted by Crippen LogP contribution is -2.52. The monoisotopic (exact) mass is 617 g/mol. The minimum atomic E-state index is -4.03. The van der Waals surface area contributed by atoms with Crippen LogP contribution >= 0.6 is 25.8 Å². The number of hydrogen-bond acceptors (Lipinski definition) is 14. The first-order valence-electron chi connectivity index (χ1n) is 11.5. The Morgan fingerprint density at radius 2 is 2.15 bits per heavy atom. The van der Waals surface area contributed by atoms with Crippen LogP contribution in [0, 0.1) is 5.41 Å². The molecule has 4 aliphatic rings. The molecule has 2 aromatic rings. The predicted molar refractivity (Wildman–Crippen MR) is 141 cm³/mol. The molecule has 17 nitrogen and oxygen atoms in total. The Hall–Kier alpha value is -2.18. The molecule has 6 atom stereocenters. The quantitative estimate of drug-likeness (QED) is 0.251. The molecule has 0 spiro atoms. The molecule has 6 rings (SSSR count). The number of carbonyl (C=O) groups is 1. The predicted octanol–water partition coefficient (Wildman–Crippen LogP) is 0.320. The van der Waals surface area contributed by atoms with Gasteiger partial charge in [-0.1, -0.05) is 12.2 Å². The van der Waals surface area contributed by atoms with Gasteiger partial charge >= 0.3 is 13.5 Å². The Bertz CT molecular complexity index is 1500. The second-order valence-corrected chi connectivity index (χ2v) is 14.4. The van der Waals surface area contributed by atoms with Crippen LogP contribution in [0.15, 0.2) is 22.5 Å². The van der Waals surface area contributed by atoms with Crippen LogP contribution in [0.3, 0.4) is 0 Å². The zero-order valence-electron chi connectivity index (χ0n) is 19.8. The number of thiol groups is 1. The van der Waals surface area contributed by atoms with Gasteiger partial charge in [0.05, 0.1) is 31.9 Å². The third-order valence-corrected chi connectivity index (χ3v) is 9.33. The number of aromatic nitrogens is 4. The summed E-state index contributed by atoms with van der Waals surface area (Å²) in [7, 11) is 0. The molecule has 208 valence electrons. The normalized spacial score (nSPS) is 35.6. The van der Waals surface area contributed by atoms with E-state index in [4.69, 9.17) is 40.0 Å². The average Bonchev–Trinajstić information content (AvgIpc) is 3.56. The van der Waals surface area contributed by atoms with E-state index >= 15 is 0 Å². The van der Waals surface area contributed by atoms with E-state index in [2.05, 4.69) is 42.5 Å². The van der Waals surface area contributed by atoms with Gasteiger partial charge in [-0.3, -0.25) is 34.5 Å². The van der Waals surface area contributed by atoms with Gasteiger partial charge in [-0.25, -0.2) is 19.5 Å². The highest BCUT2D eigenvalue weighted by Crippen LogP contribution is 2.56. The number of imidazole rings is 1. The first-order valence-corrected chi connectivity index (χ1v) is 16.7. The highest BCUT2D eigenvalue weighted by molar-refractivity contribution is 8.44. The average molecular weight is 618 g/mol.